The van der Waals surface area contributed by atoms with E-state index in [0.29, 0.717) is 25.1 Å². The molecule has 126 valence electrons. The molecule has 1 aromatic carbocycles. The second-order valence-electron chi connectivity index (χ2n) is 7.22. The minimum Gasteiger partial charge on any atom is -0.449 e. The second kappa shape index (κ2) is 4.91. The molecule has 1 amide bonds. The van der Waals surface area contributed by atoms with Crippen LogP contribution >= 0.6 is 0 Å². The molecular weight excluding hydrogens is 316 g/mol. The molecule has 1 aromatic heterocycles. The fourth-order valence-electron chi connectivity index (χ4n) is 4.33. The predicted octanol–water partition coefficient (Wildman–Crippen LogP) is 2.41. The van der Waals surface area contributed by atoms with Crippen LogP contribution in [0.4, 0.5) is 0 Å². The molecule has 0 radical (unpaired) electrons. The quantitative estimate of drug-likeness (QED) is 0.792. The molecule has 3 aliphatic rings. The Balaban J connectivity index is 1.44. The van der Waals surface area contributed by atoms with E-state index in [0.717, 1.165) is 24.0 Å². The minimum absolute atomic E-state index is 0.149. The zero-order valence-electron chi connectivity index (χ0n) is 13.8. The maximum absolute atomic E-state index is 13.2. The molecule has 2 fully saturated rings. The molecule has 1 saturated heterocycles. The van der Waals surface area contributed by atoms with Crippen molar-refractivity contribution in [3.8, 4) is 0 Å². The summed E-state index contributed by atoms with van der Waals surface area (Å²) in [5.74, 6) is -0.129. The first kappa shape index (κ1) is 14.6. The van der Waals surface area contributed by atoms with Gasteiger partial charge in [0, 0.05) is 30.9 Å². The van der Waals surface area contributed by atoms with Gasteiger partial charge in [-0.15, -0.1) is 0 Å². The Morgan fingerprint density at radius 3 is 2.60 bits per heavy atom. The van der Waals surface area contributed by atoms with Gasteiger partial charge in [-0.3, -0.25) is 9.78 Å². The number of aromatic nitrogens is 1. The summed E-state index contributed by atoms with van der Waals surface area (Å²) in [6.45, 7) is 1.06. The van der Waals surface area contributed by atoms with Crippen LogP contribution in [0, 0.1) is 0 Å². The summed E-state index contributed by atoms with van der Waals surface area (Å²) in [5, 5.41) is 0. The zero-order chi connectivity index (χ0) is 17.1. The maximum atomic E-state index is 13.2. The summed E-state index contributed by atoms with van der Waals surface area (Å²) < 4.78 is 5.76. The van der Waals surface area contributed by atoms with Crippen molar-refractivity contribution in [2.24, 2.45) is 0 Å². The van der Waals surface area contributed by atoms with Crippen molar-refractivity contribution < 1.29 is 14.3 Å². The highest BCUT2D eigenvalue weighted by Gasteiger charge is 2.57. The number of likely N-dealkylation sites (tertiary alicyclic amines) is 1. The average molecular weight is 334 g/mol. The molecule has 1 spiro atoms. The first-order chi connectivity index (χ1) is 12.1. The highest BCUT2D eigenvalue weighted by molar-refractivity contribution is 5.95. The Bertz CT molecular complexity index is 876. The summed E-state index contributed by atoms with van der Waals surface area (Å²) >= 11 is 0. The van der Waals surface area contributed by atoms with Gasteiger partial charge in [-0.25, -0.2) is 4.79 Å². The summed E-state index contributed by atoms with van der Waals surface area (Å²) in [5.41, 5.74) is 1.52. The van der Waals surface area contributed by atoms with E-state index in [-0.39, 0.29) is 11.9 Å². The third-order valence-electron chi connectivity index (χ3n) is 5.84. The molecule has 2 aromatic rings. The van der Waals surface area contributed by atoms with Crippen LogP contribution in [-0.4, -0.2) is 34.8 Å². The molecule has 3 heterocycles. The second-order valence-corrected chi connectivity index (χ2v) is 7.22. The number of carbonyl (C=O) groups excluding carboxylic acids is 2. The first-order valence-corrected chi connectivity index (χ1v) is 8.67. The van der Waals surface area contributed by atoms with Crippen LogP contribution in [0.1, 0.15) is 40.7 Å². The molecule has 5 heteroatoms. The number of amides is 1. The number of esters is 1. The van der Waals surface area contributed by atoms with Gasteiger partial charge in [0.2, 0.25) is 5.91 Å². The minimum atomic E-state index is -0.669. The molecule has 0 bridgehead atoms. The van der Waals surface area contributed by atoms with Crippen molar-refractivity contribution in [2.45, 2.75) is 30.3 Å². The highest BCUT2D eigenvalue weighted by atomic mass is 16.6. The predicted molar refractivity (Wildman–Crippen MR) is 89.9 cm³/mol. The van der Waals surface area contributed by atoms with Crippen molar-refractivity contribution in [3.63, 3.8) is 0 Å². The third-order valence-corrected chi connectivity index (χ3v) is 5.84. The Morgan fingerprint density at radius 2 is 1.84 bits per heavy atom. The largest absolute Gasteiger partial charge is 0.449 e. The zero-order valence-corrected chi connectivity index (χ0v) is 13.8. The van der Waals surface area contributed by atoms with E-state index in [4.69, 9.17) is 4.74 Å². The van der Waals surface area contributed by atoms with Gasteiger partial charge in [0.15, 0.2) is 5.60 Å². The molecule has 2 aliphatic heterocycles. The van der Waals surface area contributed by atoms with Gasteiger partial charge in [-0.2, -0.15) is 0 Å². The summed E-state index contributed by atoms with van der Waals surface area (Å²) in [6.07, 6.45) is 5.88. The smallest absolute Gasteiger partial charge is 0.339 e. The fourth-order valence-corrected chi connectivity index (χ4v) is 4.33. The molecule has 5 rings (SSSR count). The summed E-state index contributed by atoms with van der Waals surface area (Å²) in [6, 6.07) is 11.4. The van der Waals surface area contributed by atoms with Crippen molar-refractivity contribution >= 4 is 11.9 Å². The third kappa shape index (κ3) is 1.98. The Labute approximate surface area is 145 Å². The molecule has 1 aliphatic carbocycles. The van der Waals surface area contributed by atoms with Crippen LogP contribution in [0.5, 0.6) is 0 Å². The number of carbonyl (C=O) groups is 2. The van der Waals surface area contributed by atoms with E-state index in [2.05, 4.69) is 4.98 Å². The highest BCUT2D eigenvalue weighted by Crippen LogP contribution is 2.51. The number of pyridine rings is 1. The lowest BCUT2D eigenvalue weighted by molar-refractivity contribution is -0.134. The van der Waals surface area contributed by atoms with E-state index >= 15 is 0 Å². The molecule has 25 heavy (non-hydrogen) atoms. The molecule has 5 nitrogen and oxygen atoms in total. The van der Waals surface area contributed by atoms with E-state index in [1.807, 2.05) is 35.2 Å². The van der Waals surface area contributed by atoms with Gasteiger partial charge in [-0.05, 0) is 36.6 Å². The van der Waals surface area contributed by atoms with Crippen LogP contribution in [0.2, 0.25) is 0 Å². The van der Waals surface area contributed by atoms with Gasteiger partial charge in [-0.1, -0.05) is 18.2 Å². The van der Waals surface area contributed by atoms with Crippen LogP contribution in [0.3, 0.4) is 0 Å². The molecule has 1 saturated carbocycles. The van der Waals surface area contributed by atoms with E-state index in [1.165, 1.54) is 0 Å². The number of rotatable bonds is 2. The van der Waals surface area contributed by atoms with Crippen LogP contribution < -0.4 is 0 Å². The van der Waals surface area contributed by atoms with E-state index < -0.39 is 11.0 Å². The monoisotopic (exact) mass is 334 g/mol. The normalized spacial score (nSPS) is 25.8. The van der Waals surface area contributed by atoms with E-state index in [9.17, 15) is 9.59 Å². The van der Waals surface area contributed by atoms with Gasteiger partial charge >= 0.3 is 5.97 Å². The molecular formula is C20H18N2O3. The number of ether oxygens (including phenoxy) is 1. The molecule has 1 atom stereocenters. The lowest BCUT2D eigenvalue weighted by Crippen LogP contribution is -2.40. The maximum Gasteiger partial charge on any atom is 0.339 e. The number of benzene rings is 1. The number of hydrogen-bond acceptors (Lipinski definition) is 4. The Kier molecular flexibility index (Phi) is 2.87. The molecule has 0 N–H and O–H groups in total. The van der Waals surface area contributed by atoms with Gasteiger partial charge in [0.05, 0.1) is 17.5 Å². The van der Waals surface area contributed by atoms with Crippen molar-refractivity contribution in [2.75, 3.05) is 13.1 Å². The van der Waals surface area contributed by atoms with Crippen LogP contribution in [-0.2, 0) is 20.5 Å². The fraction of sp³-hybridized carbons (Fsp3) is 0.350. The van der Waals surface area contributed by atoms with Gasteiger partial charge < -0.3 is 9.64 Å². The average Bonchev–Trinajstić information content (AvgIpc) is 3.29. The van der Waals surface area contributed by atoms with Crippen LogP contribution in [0.15, 0.2) is 48.8 Å². The lowest BCUT2D eigenvalue weighted by Gasteiger charge is -2.26. The van der Waals surface area contributed by atoms with Gasteiger partial charge in [0.1, 0.15) is 0 Å². The topological polar surface area (TPSA) is 59.5 Å². The van der Waals surface area contributed by atoms with Crippen molar-refractivity contribution in [1.82, 2.24) is 9.88 Å². The SMILES string of the molecule is O=C1OC2(CCN(C(=O)C3(c4ccncc4)CC3)C2)c2ccccc21. The van der Waals surface area contributed by atoms with Crippen molar-refractivity contribution in [3.05, 3.63) is 65.5 Å². The van der Waals surface area contributed by atoms with Crippen molar-refractivity contribution in [1.29, 1.82) is 0 Å². The standard InChI is InChI=1S/C20H18N2O3/c23-17-15-3-1-2-4-16(15)20(25-17)9-12-22(13-20)18(24)19(7-8-19)14-5-10-21-11-6-14/h1-6,10-11H,7-9,12-13H2. The summed E-state index contributed by atoms with van der Waals surface area (Å²) in [7, 11) is 0. The Morgan fingerprint density at radius 1 is 1.08 bits per heavy atom. The van der Waals surface area contributed by atoms with Gasteiger partial charge in [0.25, 0.3) is 0 Å². The Hall–Kier alpha value is -2.69. The number of nitrogens with zero attached hydrogens (tertiary/aromatic N) is 2. The van der Waals surface area contributed by atoms with E-state index in [1.54, 1.807) is 18.5 Å². The lowest BCUT2D eigenvalue weighted by atomic mass is 9.91. The number of fused-ring (bicyclic) bond motifs is 2. The summed E-state index contributed by atoms with van der Waals surface area (Å²) in [4.78, 5) is 31.4. The first-order valence-electron chi connectivity index (χ1n) is 8.67. The number of hydrogen-bond donors (Lipinski definition) is 0. The molecule has 1 unspecified atom stereocenters. The van der Waals surface area contributed by atoms with Crippen LogP contribution in [0.25, 0.3) is 0 Å².